The van der Waals surface area contributed by atoms with Crippen molar-refractivity contribution in [2.75, 3.05) is 6.79 Å². The van der Waals surface area contributed by atoms with Crippen LogP contribution in [0.5, 0.6) is 5.75 Å². The van der Waals surface area contributed by atoms with Crippen LogP contribution in [0, 0.1) is 0 Å². The molecule has 3 aromatic carbocycles. The first kappa shape index (κ1) is 22.6. The van der Waals surface area contributed by atoms with Crippen molar-refractivity contribution in [2.24, 2.45) is 0 Å². The first-order valence-electron chi connectivity index (χ1n) is 10.8. The van der Waals surface area contributed by atoms with Gasteiger partial charge in [0.25, 0.3) is 0 Å². The summed E-state index contributed by atoms with van der Waals surface area (Å²) >= 11 is 0. The molecule has 0 saturated heterocycles. The van der Waals surface area contributed by atoms with Crippen LogP contribution in [-0.4, -0.2) is 23.5 Å². The summed E-state index contributed by atoms with van der Waals surface area (Å²) in [5.74, 6) is -0.155. The molecule has 4 heteroatoms. The van der Waals surface area contributed by atoms with Crippen molar-refractivity contribution in [1.82, 2.24) is 0 Å². The molecule has 0 heterocycles. The Bertz CT molecular complexity index is 922. The zero-order valence-electron chi connectivity index (χ0n) is 18.0. The molecule has 0 spiro atoms. The number of rotatable bonds is 12. The highest BCUT2D eigenvalue weighted by atomic mass is 16.7. The zero-order chi connectivity index (χ0) is 21.9. The van der Waals surface area contributed by atoms with Gasteiger partial charge in [-0.05, 0) is 48.1 Å². The average Bonchev–Trinajstić information content (AvgIpc) is 2.79. The Morgan fingerprint density at radius 1 is 0.839 bits per heavy atom. The fourth-order valence-electron chi connectivity index (χ4n) is 3.84. The van der Waals surface area contributed by atoms with Gasteiger partial charge in [0.1, 0.15) is 5.75 Å². The first-order chi connectivity index (χ1) is 15.1. The standard InChI is InChI=1S/C27H30O4/c1-2-18-27(20-26(28)29,19-17-22-9-5-3-6-10-22)31-21-30-25-15-13-24(14-16-25)23-11-7-4-8-12-23/h3-16H,2,17-21H2,1H3,(H,28,29)/t27-/m1/s1. The van der Waals surface area contributed by atoms with Crippen LogP contribution >= 0.6 is 0 Å². The van der Waals surface area contributed by atoms with Gasteiger partial charge in [-0.3, -0.25) is 4.79 Å². The van der Waals surface area contributed by atoms with Crippen LogP contribution in [0.3, 0.4) is 0 Å². The average molecular weight is 419 g/mol. The largest absolute Gasteiger partial charge is 0.481 e. The van der Waals surface area contributed by atoms with E-state index in [1.807, 2.05) is 67.6 Å². The molecule has 3 aromatic rings. The molecule has 0 aromatic heterocycles. The van der Waals surface area contributed by atoms with Crippen molar-refractivity contribution in [3.63, 3.8) is 0 Å². The van der Waals surface area contributed by atoms with Gasteiger partial charge in [-0.25, -0.2) is 0 Å². The number of benzene rings is 3. The van der Waals surface area contributed by atoms with Crippen LogP contribution in [0.2, 0.25) is 0 Å². The summed E-state index contributed by atoms with van der Waals surface area (Å²) in [6.45, 7) is 2.07. The molecule has 0 bridgehead atoms. The lowest BCUT2D eigenvalue weighted by Gasteiger charge is -2.32. The summed E-state index contributed by atoms with van der Waals surface area (Å²) < 4.78 is 11.9. The predicted molar refractivity (Wildman–Crippen MR) is 123 cm³/mol. The van der Waals surface area contributed by atoms with Gasteiger partial charge in [-0.15, -0.1) is 0 Å². The van der Waals surface area contributed by atoms with Crippen molar-refractivity contribution in [3.05, 3.63) is 90.5 Å². The van der Waals surface area contributed by atoms with Crippen LogP contribution in [0.4, 0.5) is 0 Å². The number of carboxylic acid groups (broad SMARTS) is 1. The molecule has 31 heavy (non-hydrogen) atoms. The fraction of sp³-hybridized carbons (Fsp3) is 0.296. The number of carboxylic acids is 1. The summed E-state index contributed by atoms with van der Waals surface area (Å²) in [5.41, 5.74) is 2.69. The van der Waals surface area contributed by atoms with E-state index in [0.29, 0.717) is 18.6 Å². The smallest absolute Gasteiger partial charge is 0.306 e. The fourth-order valence-corrected chi connectivity index (χ4v) is 3.84. The van der Waals surface area contributed by atoms with Gasteiger partial charge in [0.2, 0.25) is 0 Å². The van der Waals surface area contributed by atoms with E-state index in [1.165, 1.54) is 5.56 Å². The van der Waals surface area contributed by atoms with E-state index < -0.39 is 11.6 Å². The lowest BCUT2D eigenvalue weighted by atomic mass is 9.87. The van der Waals surface area contributed by atoms with Crippen molar-refractivity contribution < 1.29 is 19.4 Å². The maximum Gasteiger partial charge on any atom is 0.306 e. The maximum absolute atomic E-state index is 11.6. The van der Waals surface area contributed by atoms with Crippen LogP contribution in [0.1, 0.15) is 38.2 Å². The van der Waals surface area contributed by atoms with Gasteiger partial charge in [0.15, 0.2) is 6.79 Å². The summed E-state index contributed by atoms with van der Waals surface area (Å²) in [7, 11) is 0. The number of hydrogen-bond donors (Lipinski definition) is 1. The molecule has 0 aliphatic carbocycles. The number of aliphatic carboxylic acids is 1. The van der Waals surface area contributed by atoms with Gasteiger partial charge >= 0.3 is 5.97 Å². The number of carbonyl (C=O) groups is 1. The monoisotopic (exact) mass is 418 g/mol. The minimum absolute atomic E-state index is 0.0206. The van der Waals surface area contributed by atoms with Gasteiger partial charge in [-0.1, -0.05) is 86.1 Å². The minimum Gasteiger partial charge on any atom is -0.481 e. The molecule has 3 rings (SSSR count). The third-order valence-corrected chi connectivity index (χ3v) is 5.44. The highest BCUT2D eigenvalue weighted by Crippen LogP contribution is 2.29. The highest BCUT2D eigenvalue weighted by Gasteiger charge is 2.33. The minimum atomic E-state index is -0.853. The Kier molecular flexibility index (Phi) is 8.25. The lowest BCUT2D eigenvalue weighted by Crippen LogP contribution is -2.37. The third-order valence-electron chi connectivity index (χ3n) is 5.44. The third kappa shape index (κ3) is 6.97. The van der Waals surface area contributed by atoms with Crippen LogP contribution in [-0.2, 0) is 16.0 Å². The molecule has 0 aliphatic rings. The van der Waals surface area contributed by atoms with E-state index in [-0.39, 0.29) is 13.2 Å². The van der Waals surface area contributed by atoms with Gasteiger partial charge < -0.3 is 14.6 Å². The summed E-state index contributed by atoms with van der Waals surface area (Å²) in [4.78, 5) is 11.6. The van der Waals surface area contributed by atoms with E-state index in [1.54, 1.807) is 0 Å². The molecule has 0 fully saturated rings. The van der Waals surface area contributed by atoms with E-state index >= 15 is 0 Å². The van der Waals surface area contributed by atoms with Gasteiger partial charge in [0, 0.05) is 0 Å². The Morgan fingerprint density at radius 2 is 1.45 bits per heavy atom. The molecule has 1 atom stereocenters. The number of ether oxygens (including phenoxy) is 2. The van der Waals surface area contributed by atoms with E-state index in [4.69, 9.17) is 9.47 Å². The molecular formula is C27H30O4. The molecule has 162 valence electrons. The van der Waals surface area contributed by atoms with E-state index in [2.05, 4.69) is 24.3 Å². The Labute approximate surface area is 184 Å². The first-order valence-corrected chi connectivity index (χ1v) is 10.8. The normalized spacial score (nSPS) is 12.8. The highest BCUT2D eigenvalue weighted by molar-refractivity contribution is 5.68. The molecular weight excluding hydrogens is 388 g/mol. The van der Waals surface area contributed by atoms with Crippen molar-refractivity contribution in [1.29, 1.82) is 0 Å². The molecule has 1 N–H and O–H groups in total. The van der Waals surface area contributed by atoms with Crippen LogP contribution in [0.15, 0.2) is 84.9 Å². The topological polar surface area (TPSA) is 55.8 Å². The van der Waals surface area contributed by atoms with Crippen LogP contribution in [0.25, 0.3) is 11.1 Å². The van der Waals surface area contributed by atoms with Crippen molar-refractivity contribution in [3.8, 4) is 16.9 Å². The van der Waals surface area contributed by atoms with Gasteiger partial charge in [0.05, 0.1) is 12.0 Å². The summed E-state index contributed by atoms with van der Waals surface area (Å²) in [5, 5.41) is 9.51. The molecule has 4 nitrogen and oxygen atoms in total. The summed E-state index contributed by atoms with van der Waals surface area (Å²) in [6.07, 6.45) is 2.87. The Morgan fingerprint density at radius 3 is 2.06 bits per heavy atom. The van der Waals surface area contributed by atoms with Crippen molar-refractivity contribution >= 4 is 5.97 Å². The Hall–Kier alpha value is -3.11. The molecule has 0 radical (unpaired) electrons. The number of hydrogen-bond acceptors (Lipinski definition) is 3. The second kappa shape index (κ2) is 11.3. The SMILES string of the molecule is CCC[C@@](CCc1ccccc1)(CC(=O)O)OCOc1ccc(-c2ccccc2)cc1. The lowest BCUT2D eigenvalue weighted by molar-refractivity contribution is -0.155. The zero-order valence-corrected chi connectivity index (χ0v) is 18.0. The quantitative estimate of drug-likeness (QED) is 0.348. The maximum atomic E-state index is 11.6. The molecule has 0 amide bonds. The second-order valence-electron chi connectivity index (χ2n) is 7.79. The van der Waals surface area contributed by atoms with Crippen LogP contribution < -0.4 is 4.74 Å². The molecule has 0 unspecified atom stereocenters. The number of aryl methyl sites for hydroxylation is 1. The van der Waals surface area contributed by atoms with E-state index in [9.17, 15) is 9.90 Å². The van der Waals surface area contributed by atoms with Gasteiger partial charge in [-0.2, -0.15) is 0 Å². The van der Waals surface area contributed by atoms with Crippen molar-refractivity contribution in [2.45, 2.75) is 44.6 Å². The van der Waals surface area contributed by atoms with E-state index in [0.717, 1.165) is 24.0 Å². The molecule has 0 aliphatic heterocycles. The second-order valence-corrected chi connectivity index (χ2v) is 7.79. The summed E-state index contributed by atoms with van der Waals surface area (Å²) in [6, 6.07) is 28.1. The Balaban J connectivity index is 1.62. The predicted octanol–water partition coefficient (Wildman–Crippen LogP) is 6.35. The molecule has 0 saturated carbocycles.